The molecular weight excluding hydrogens is 252 g/mol. The monoisotopic (exact) mass is 272 g/mol. The van der Waals surface area contributed by atoms with Gasteiger partial charge in [0.2, 0.25) is 5.91 Å². The molecule has 0 heterocycles. The molecule has 1 aliphatic rings. The van der Waals surface area contributed by atoms with Crippen molar-refractivity contribution in [3.8, 4) is 0 Å². The summed E-state index contributed by atoms with van der Waals surface area (Å²) in [5.41, 5.74) is 5.42. The lowest BCUT2D eigenvalue weighted by Crippen LogP contribution is -2.45. The molecule has 0 spiro atoms. The second-order valence-electron chi connectivity index (χ2n) is 4.94. The summed E-state index contributed by atoms with van der Waals surface area (Å²) in [7, 11) is 0. The minimum atomic E-state index is -1.14. The number of carboxylic acid groups (broad SMARTS) is 2. The molecule has 0 aromatic carbocycles. The molecule has 3 atom stereocenters. The SMILES string of the molecule is N[C@@H](CC(=O)O)C(=O)NC[C@@H]1CCCC[C@@H]1C(=O)O. The molecule has 0 radical (unpaired) electrons. The van der Waals surface area contributed by atoms with Gasteiger partial charge in [0.05, 0.1) is 18.4 Å². The van der Waals surface area contributed by atoms with Crippen molar-refractivity contribution in [2.75, 3.05) is 6.54 Å². The average molecular weight is 272 g/mol. The first-order chi connectivity index (χ1) is 8.91. The van der Waals surface area contributed by atoms with Gasteiger partial charge in [0.1, 0.15) is 0 Å². The quantitative estimate of drug-likeness (QED) is 0.529. The van der Waals surface area contributed by atoms with E-state index in [9.17, 15) is 14.4 Å². The third kappa shape index (κ3) is 4.86. The fraction of sp³-hybridized carbons (Fsp3) is 0.750. The molecule has 7 nitrogen and oxygen atoms in total. The summed E-state index contributed by atoms with van der Waals surface area (Å²) in [6.45, 7) is 0.239. The maximum absolute atomic E-state index is 11.6. The van der Waals surface area contributed by atoms with E-state index in [0.717, 1.165) is 19.3 Å². The van der Waals surface area contributed by atoms with Gasteiger partial charge in [-0.05, 0) is 18.8 Å². The molecule has 19 heavy (non-hydrogen) atoms. The van der Waals surface area contributed by atoms with E-state index in [1.807, 2.05) is 0 Å². The zero-order valence-electron chi connectivity index (χ0n) is 10.7. The van der Waals surface area contributed by atoms with Gasteiger partial charge in [0.15, 0.2) is 0 Å². The largest absolute Gasteiger partial charge is 0.481 e. The second kappa shape index (κ2) is 7.08. The predicted octanol–water partition coefficient (Wildman–Crippen LogP) is -0.204. The molecule has 5 N–H and O–H groups in total. The summed E-state index contributed by atoms with van der Waals surface area (Å²) in [4.78, 5) is 33.0. The Balaban J connectivity index is 2.43. The van der Waals surface area contributed by atoms with Crippen molar-refractivity contribution in [1.29, 1.82) is 0 Å². The Hall–Kier alpha value is -1.63. The third-order valence-electron chi connectivity index (χ3n) is 3.50. The maximum Gasteiger partial charge on any atom is 0.306 e. The van der Waals surface area contributed by atoms with Crippen LogP contribution in [-0.2, 0) is 14.4 Å². The van der Waals surface area contributed by atoms with Crippen molar-refractivity contribution >= 4 is 17.8 Å². The highest BCUT2D eigenvalue weighted by molar-refractivity contribution is 5.85. The van der Waals surface area contributed by atoms with E-state index in [4.69, 9.17) is 15.9 Å². The third-order valence-corrected chi connectivity index (χ3v) is 3.50. The van der Waals surface area contributed by atoms with E-state index < -0.39 is 36.2 Å². The van der Waals surface area contributed by atoms with Crippen LogP contribution in [0.5, 0.6) is 0 Å². The fourth-order valence-electron chi connectivity index (χ4n) is 2.42. The first-order valence-electron chi connectivity index (χ1n) is 6.39. The fourth-order valence-corrected chi connectivity index (χ4v) is 2.42. The van der Waals surface area contributed by atoms with Crippen molar-refractivity contribution in [1.82, 2.24) is 5.32 Å². The van der Waals surface area contributed by atoms with Gasteiger partial charge >= 0.3 is 11.9 Å². The summed E-state index contributed by atoms with van der Waals surface area (Å²) in [6.07, 6.45) is 2.78. The first-order valence-corrected chi connectivity index (χ1v) is 6.39. The number of rotatable bonds is 6. The van der Waals surface area contributed by atoms with Gasteiger partial charge in [0.25, 0.3) is 0 Å². The summed E-state index contributed by atoms with van der Waals surface area (Å²) in [5, 5.41) is 20.2. The van der Waals surface area contributed by atoms with Gasteiger partial charge in [-0.15, -0.1) is 0 Å². The highest BCUT2D eigenvalue weighted by Gasteiger charge is 2.31. The Labute approximate surface area is 111 Å². The minimum Gasteiger partial charge on any atom is -0.481 e. The predicted molar refractivity (Wildman–Crippen MR) is 66.3 cm³/mol. The lowest BCUT2D eigenvalue weighted by molar-refractivity contribution is -0.145. The molecule has 1 saturated carbocycles. The van der Waals surface area contributed by atoms with Gasteiger partial charge in [-0.25, -0.2) is 0 Å². The number of carbonyl (C=O) groups excluding carboxylic acids is 1. The van der Waals surface area contributed by atoms with Crippen molar-refractivity contribution < 1.29 is 24.6 Å². The summed E-state index contributed by atoms with van der Waals surface area (Å²) in [6, 6.07) is -1.09. The normalized spacial score (nSPS) is 24.5. The number of aliphatic carboxylic acids is 2. The molecule has 0 unspecified atom stereocenters. The molecule has 0 bridgehead atoms. The summed E-state index contributed by atoms with van der Waals surface area (Å²) in [5.74, 6) is -3.06. The van der Waals surface area contributed by atoms with Crippen LogP contribution in [0, 0.1) is 11.8 Å². The number of carboxylic acids is 2. The van der Waals surface area contributed by atoms with Crippen LogP contribution in [0.25, 0.3) is 0 Å². The Bertz CT molecular complexity index is 358. The van der Waals surface area contributed by atoms with Gasteiger partial charge in [-0.2, -0.15) is 0 Å². The molecule has 1 amide bonds. The number of carbonyl (C=O) groups is 3. The number of hydrogen-bond donors (Lipinski definition) is 4. The van der Waals surface area contributed by atoms with Gasteiger partial charge in [0, 0.05) is 6.54 Å². The Morgan fingerprint density at radius 1 is 1.21 bits per heavy atom. The van der Waals surface area contributed by atoms with Crippen LogP contribution in [0.4, 0.5) is 0 Å². The lowest BCUT2D eigenvalue weighted by Gasteiger charge is -2.28. The van der Waals surface area contributed by atoms with Crippen LogP contribution in [-0.4, -0.2) is 40.6 Å². The smallest absolute Gasteiger partial charge is 0.306 e. The van der Waals surface area contributed by atoms with Crippen molar-refractivity contribution in [2.24, 2.45) is 17.6 Å². The Morgan fingerprint density at radius 2 is 1.84 bits per heavy atom. The average Bonchev–Trinajstić information content (AvgIpc) is 2.35. The van der Waals surface area contributed by atoms with E-state index >= 15 is 0 Å². The highest BCUT2D eigenvalue weighted by atomic mass is 16.4. The van der Waals surface area contributed by atoms with Crippen LogP contribution in [0.3, 0.4) is 0 Å². The number of nitrogens with two attached hydrogens (primary N) is 1. The van der Waals surface area contributed by atoms with Crippen molar-refractivity contribution in [2.45, 2.75) is 38.1 Å². The van der Waals surface area contributed by atoms with Crippen molar-refractivity contribution in [3.05, 3.63) is 0 Å². The van der Waals surface area contributed by atoms with E-state index in [-0.39, 0.29) is 12.5 Å². The van der Waals surface area contributed by atoms with Gasteiger partial charge < -0.3 is 21.3 Å². The van der Waals surface area contributed by atoms with Crippen LogP contribution in [0.2, 0.25) is 0 Å². The summed E-state index contributed by atoms with van der Waals surface area (Å²) >= 11 is 0. The van der Waals surface area contributed by atoms with Gasteiger partial charge in [-0.1, -0.05) is 12.8 Å². The van der Waals surface area contributed by atoms with Gasteiger partial charge in [-0.3, -0.25) is 14.4 Å². The topological polar surface area (TPSA) is 130 Å². The van der Waals surface area contributed by atoms with E-state index in [0.29, 0.717) is 6.42 Å². The number of hydrogen-bond acceptors (Lipinski definition) is 4. The summed E-state index contributed by atoms with van der Waals surface area (Å²) < 4.78 is 0. The Kier molecular flexibility index (Phi) is 5.75. The Morgan fingerprint density at radius 3 is 2.42 bits per heavy atom. The van der Waals surface area contributed by atoms with Crippen LogP contribution >= 0.6 is 0 Å². The highest BCUT2D eigenvalue weighted by Crippen LogP contribution is 2.29. The molecule has 7 heteroatoms. The molecule has 1 aliphatic carbocycles. The van der Waals surface area contributed by atoms with E-state index in [1.165, 1.54) is 0 Å². The standard InChI is InChI=1S/C12H20N2O5/c13-9(5-10(15)16)11(17)14-6-7-3-1-2-4-8(7)12(18)19/h7-9H,1-6,13H2,(H,14,17)(H,15,16)(H,18,19)/t7-,8-,9-/m0/s1. The van der Waals surface area contributed by atoms with Crippen LogP contribution in [0.1, 0.15) is 32.1 Å². The molecule has 0 aromatic heterocycles. The molecule has 0 saturated heterocycles. The van der Waals surface area contributed by atoms with E-state index in [2.05, 4.69) is 5.32 Å². The molecular formula is C12H20N2O5. The van der Waals surface area contributed by atoms with Crippen molar-refractivity contribution in [3.63, 3.8) is 0 Å². The first kappa shape index (κ1) is 15.4. The molecule has 108 valence electrons. The zero-order chi connectivity index (χ0) is 14.4. The van der Waals surface area contributed by atoms with Crippen LogP contribution < -0.4 is 11.1 Å². The molecule has 1 fully saturated rings. The maximum atomic E-state index is 11.6. The van der Waals surface area contributed by atoms with Crippen LogP contribution in [0.15, 0.2) is 0 Å². The van der Waals surface area contributed by atoms with E-state index in [1.54, 1.807) is 0 Å². The second-order valence-corrected chi connectivity index (χ2v) is 4.94. The lowest BCUT2D eigenvalue weighted by atomic mass is 9.79. The minimum absolute atomic E-state index is 0.104. The molecule has 0 aliphatic heterocycles. The molecule has 1 rings (SSSR count). The zero-order valence-corrected chi connectivity index (χ0v) is 10.7. The number of amides is 1. The number of nitrogens with one attached hydrogen (secondary N) is 1. The molecule has 0 aromatic rings.